The van der Waals surface area contributed by atoms with Gasteiger partial charge in [-0.3, -0.25) is 5.43 Å². The van der Waals surface area contributed by atoms with Crippen molar-refractivity contribution >= 4 is 28.7 Å². The lowest BCUT2D eigenvalue weighted by atomic mass is 10.4. The summed E-state index contributed by atoms with van der Waals surface area (Å²) in [6.07, 6.45) is 0. The number of nitrogens with zero attached hydrogens (tertiary/aromatic N) is 2. The number of hydrazine groups is 1. The molecule has 6 heteroatoms. The lowest BCUT2D eigenvalue weighted by Gasteiger charge is -2.33. The van der Waals surface area contributed by atoms with Gasteiger partial charge in [-0.05, 0) is 30.7 Å². The Morgan fingerprint density at radius 1 is 1.41 bits per heavy atom. The highest BCUT2D eigenvalue weighted by Gasteiger charge is 2.13. The largest absolute Gasteiger partial charge is 0.357 e. The molecule has 1 aliphatic heterocycles. The Morgan fingerprint density at radius 2 is 2.18 bits per heavy atom. The average Bonchev–Trinajstić information content (AvgIpc) is 2.83. The highest BCUT2D eigenvalue weighted by atomic mass is 32.1. The van der Waals surface area contributed by atoms with Gasteiger partial charge in [-0.15, -0.1) is 11.3 Å². The minimum Gasteiger partial charge on any atom is -0.357 e. The van der Waals surface area contributed by atoms with Gasteiger partial charge in [0.2, 0.25) is 0 Å². The van der Waals surface area contributed by atoms with E-state index in [-0.39, 0.29) is 0 Å². The third-order valence-corrected chi connectivity index (χ3v) is 3.88. The minimum atomic E-state index is 0.711. The summed E-state index contributed by atoms with van der Waals surface area (Å²) in [5.41, 5.74) is 3.23. The van der Waals surface area contributed by atoms with Gasteiger partial charge >= 0.3 is 0 Å². The molecule has 0 bridgehead atoms. The van der Waals surface area contributed by atoms with Crippen LogP contribution in [0.15, 0.2) is 17.5 Å². The molecule has 1 saturated heterocycles. The van der Waals surface area contributed by atoms with Crippen LogP contribution < -0.4 is 10.7 Å². The molecule has 1 aromatic rings. The van der Waals surface area contributed by atoms with Gasteiger partial charge in [-0.25, -0.2) is 5.01 Å². The molecule has 1 fully saturated rings. The Bertz CT molecular complexity index is 344. The molecule has 2 rings (SSSR count). The standard InChI is InChI=1S/C11H18N4S2/c1-14-4-6-15(7-5-14)13-11(16)12-9-10-3-2-8-17-10/h2-3,8H,4-7,9H2,1H3,(H2,12,13,16). The quantitative estimate of drug-likeness (QED) is 0.796. The predicted octanol–water partition coefficient (Wildman–Crippen LogP) is 0.875. The van der Waals surface area contributed by atoms with Crippen LogP contribution in [0.4, 0.5) is 0 Å². The molecule has 94 valence electrons. The van der Waals surface area contributed by atoms with E-state index in [1.807, 2.05) is 0 Å². The van der Waals surface area contributed by atoms with Crippen molar-refractivity contribution in [1.82, 2.24) is 20.7 Å². The molecular formula is C11H18N4S2. The van der Waals surface area contributed by atoms with Crippen molar-refractivity contribution in [3.63, 3.8) is 0 Å². The van der Waals surface area contributed by atoms with Crippen molar-refractivity contribution in [1.29, 1.82) is 0 Å². The van der Waals surface area contributed by atoms with Gasteiger partial charge in [0, 0.05) is 31.1 Å². The first kappa shape index (κ1) is 12.8. The third kappa shape index (κ3) is 4.23. The summed E-state index contributed by atoms with van der Waals surface area (Å²) in [7, 11) is 2.14. The second-order valence-electron chi connectivity index (χ2n) is 4.16. The van der Waals surface area contributed by atoms with Gasteiger partial charge in [0.05, 0.1) is 6.54 Å². The van der Waals surface area contributed by atoms with Gasteiger partial charge in [-0.2, -0.15) is 0 Å². The molecule has 0 atom stereocenters. The Balaban J connectivity index is 1.67. The second-order valence-corrected chi connectivity index (χ2v) is 5.60. The molecule has 0 aromatic carbocycles. The number of thiocarbonyl (C=S) groups is 1. The Morgan fingerprint density at radius 3 is 2.82 bits per heavy atom. The van der Waals surface area contributed by atoms with E-state index in [2.05, 4.69) is 45.2 Å². The van der Waals surface area contributed by atoms with Crippen LogP contribution in [-0.4, -0.2) is 48.2 Å². The summed E-state index contributed by atoms with van der Waals surface area (Å²) < 4.78 is 0. The van der Waals surface area contributed by atoms with E-state index in [1.54, 1.807) is 11.3 Å². The molecule has 17 heavy (non-hydrogen) atoms. The van der Waals surface area contributed by atoms with Crippen LogP contribution in [0.3, 0.4) is 0 Å². The van der Waals surface area contributed by atoms with Gasteiger partial charge in [0.15, 0.2) is 5.11 Å². The maximum atomic E-state index is 5.26. The Hall–Kier alpha value is -0.690. The summed E-state index contributed by atoms with van der Waals surface area (Å²) in [5, 5.41) is 8.18. The van der Waals surface area contributed by atoms with Gasteiger partial charge in [0.25, 0.3) is 0 Å². The molecule has 0 unspecified atom stereocenters. The molecule has 0 radical (unpaired) electrons. The maximum absolute atomic E-state index is 5.26. The molecule has 0 aliphatic carbocycles. The fourth-order valence-electron chi connectivity index (χ4n) is 1.68. The number of hydrogen-bond acceptors (Lipinski definition) is 4. The number of nitrogens with one attached hydrogen (secondary N) is 2. The van der Waals surface area contributed by atoms with Crippen molar-refractivity contribution in [3.8, 4) is 0 Å². The molecular weight excluding hydrogens is 252 g/mol. The molecule has 1 aliphatic rings. The van der Waals surface area contributed by atoms with E-state index in [1.165, 1.54) is 4.88 Å². The average molecular weight is 270 g/mol. The summed E-state index contributed by atoms with van der Waals surface area (Å²) >= 11 is 7.01. The number of hydrogen-bond donors (Lipinski definition) is 2. The number of piperazine rings is 1. The molecule has 2 N–H and O–H groups in total. The minimum absolute atomic E-state index is 0.711. The molecule has 0 spiro atoms. The van der Waals surface area contributed by atoms with Crippen LogP contribution in [0.25, 0.3) is 0 Å². The monoisotopic (exact) mass is 270 g/mol. The van der Waals surface area contributed by atoms with Crippen LogP contribution in [0.1, 0.15) is 4.88 Å². The lowest BCUT2D eigenvalue weighted by Crippen LogP contribution is -2.54. The van der Waals surface area contributed by atoms with Crippen LogP contribution in [0, 0.1) is 0 Å². The molecule has 4 nitrogen and oxygen atoms in total. The molecule has 2 heterocycles. The first-order chi connectivity index (χ1) is 8.24. The predicted molar refractivity (Wildman–Crippen MR) is 76.0 cm³/mol. The molecule has 1 aromatic heterocycles. The fourth-order valence-corrected chi connectivity index (χ4v) is 2.53. The van der Waals surface area contributed by atoms with E-state index in [0.29, 0.717) is 5.11 Å². The summed E-state index contributed by atoms with van der Waals surface area (Å²) in [6.45, 7) is 4.99. The van der Waals surface area contributed by atoms with Crippen molar-refractivity contribution in [2.45, 2.75) is 6.54 Å². The van der Waals surface area contributed by atoms with E-state index < -0.39 is 0 Å². The highest BCUT2D eigenvalue weighted by molar-refractivity contribution is 7.80. The molecule has 0 amide bonds. The molecule has 0 saturated carbocycles. The second kappa shape index (κ2) is 6.30. The number of rotatable bonds is 3. The van der Waals surface area contributed by atoms with E-state index in [9.17, 15) is 0 Å². The van der Waals surface area contributed by atoms with Crippen molar-refractivity contribution < 1.29 is 0 Å². The number of thiophene rings is 1. The Kier molecular flexibility index (Phi) is 4.73. The van der Waals surface area contributed by atoms with E-state index in [0.717, 1.165) is 32.7 Å². The van der Waals surface area contributed by atoms with Gasteiger partial charge in [0.1, 0.15) is 0 Å². The van der Waals surface area contributed by atoms with Crippen molar-refractivity contribution in [2.75, 3.05) is 33.2 Å². The Labute approximate surface area is 112 Å². The van der Waals surface area contributed by atoms with E-state index >= 15 is 0 Å². The third-order valence-electron chi connectivity index (χ3n) is 2.77. The lowest BCUT2D eigenvalue weighted by molar-refractivity contribution is 0.130. The summed E-state index contributed by atoms with van der Waals surface area (Å²) in [5.74, 6) is 0. The topological polar surface area (TPSA) is 30.5 Å². The van der Waals surface area contributed by atoms with Crippen LogP contribution in [0.2, 0.25) is 0 Å². The zero-order valence-corrected chi connectivity index (χ0v) is 11.6. The first-order valence-corrected chi connectivity index (χ1v) is 7.03. The van der Waals surface area contributed by atoms with Gasteiger partial charge in [-0.1, -0.05) is 6.07 Å². The zero-order valence-electron chi connectivity index (χ0n) is 9.98. The summed E-state index contributed by atoms with van der Waals surface area (Å²) in [6, 6.07) is 4.16. The zero-order chi connectivity index (χ0) is 12.1. The maximum Gasteiger partial charge on any atom is 0.181 e. The van der Waals surface area contributed by atoms with Crippen LogP contribution in [0.5, 0.6) is 0 Å². The first-order valence-electron chi connectivity index (χ1n) is 5.74. The van der Waals surface area contributed by atoms with Crippen LogP contribution in [-0.2, 0) is 6.54 Å². The SMILES string of the molecule is CN1CCN(NC(=S)NCc2cccs2)CC1. The van der Waals surface area contributed by atoms with Crippen molar-refractivity contribution in [3.05, 3.63) is 22.4 Å². The smallest absolute Gasteiger partial charge is 0.181 e. The summed E-state index contributed by atoms with van der Waals surface area (Å²) in [4.78, 5) is 3.62. The normalized spacial score (nSPS) is 17.9. The fraction of sp³-hybridized carbons (Fsp3) is 0.545. The number of likely N-dealkylation sites (N-methyl/N-ethyl adjacent to an activating group) is 1. The van der Waals surface area contributed by atoms with Crippen LogP contribution >= 0.6 is 23.6 Å². The van der Waals surface area contributed by atoms with Crippen molar-refractivity contribution in [2.24, 2.45) is 0 Å². The van der Waals surface area contributed by atoms with E-state index in [4.69, 9.17) is 12.2 Å². The highest BCUT2D eigenvalue weighted by Crippen LogP contribution is 2.07. The van der Waals surface area contributed by atoms with Gasteiger partial charge < -0.3 is 10.2 Å².